The van der Waals surface area contributed by atoms with Crippen molar-refractivity contribution in [3.05, 3.63) is 65.9 Å². The van der Waals surface area contributed by atoms with Gasteiger partial charge in [-0.2, -0.15) is 4.99 Å². The maximum atomic E-state index is 12.3. The van der Waals surface area contributed by atoms with Crippen LogP contribution in [0.3, 0.4) is 0 Å². The molecule has 4 N–H and O–H groups in total. The number of rotatable bonds is 8. The van der Waals surface area contributed by atoms with Gasteiger partial charge in [-0.1, -0.05) is 62.2 Å². The first kappa shape index (κ1) is 23.3. The first-order chi connectivity index (χ1) is 14.1. The zero-order chi connectivity index (χ0) is 20.6. The zero-order valence-electron chi connectivity index (χ0n) is 17.4. The second kappa shape index (κ2) is 11.3. The first-order valence-corrected chi connectivity index (χ1v) is 9.98. The number of hydrogen-bond acceptors (Lipinski definition) is 2. The van der Waals surface area contributed by atoms with E-state index >= 15 is 0 Å². The van der Waals surface area contributed by atoms with E-state index in [2.05, 4.69) is 46.5 Å². The Labute approximate surface area is 183 Å². The molecule has 0 fully saturated rings. The molecule has 0 aliphatic carbocycles. The SMILES string of the molecule is CCCCC(COc1cccc2cc(C(=O)N=C(N)NC)[nH]c12)c1ccccc1.Cl. The largest absolute Gasteiger partial charge is 0.491 e. The number of nitrogens with two attached hydrogens (primary N) is 1. The number of benzene rings is 2. The van der Waals surface area contributed by atoms with Gasteiger partial charge in [0, 0.05) is 18.4 Å². The molecule has 0 aliphatic heterocycles. The van der Waals surface area contributed by atoms with Crippen LogP contribution in [0, 0.1) is 0 Å². The van der Waals surface area contributed by atoms with Crippen LogP contribution in [0.2, 0.25) is 0 Å². The van der Waals surface area contributed by atoms with Crippen LogP contribution in [-0.2, 0) is 0 Å². The minimum Gasteiger partial charge on any atom is -0.491 e. The highest BCUT2D eigenvalue weighted by atomic mass is 35.5. The normalized spacial score (nSPS) is 12.3. The quantitative estimate of drug-likeness (QED) is 0.360. The summed E-state index contributed by atoms with van der Waals surface area (Å²) in [4.78, 5) is 19.2. The molecule has 1 atom stereocenters. The summed E-state index contributed by atoms with van der Waals surface area (Å²) in [5, 5.41) is 3.54. The molecule has 6 nitrogen and oxygen atoms in total. The van der Waals surface area contributed by atoms with E-state index < -0.39 is 5.91 Å². The third-order valence-electron chi connectivity index (χ3n) is 4.94. The predicted molar refractivity (Wildman–Crippen MR) is 125 cm³/mol. The van der Waals surface area contributed by atoms with Crippen molar-refractivity contribution >= 4 is 35.2 Å². The van der Waals surface area contributed by atoms with Crippen LogP contribution in [0.5, 0.6) is 5.75 Å². The van der Waals surface area contributed by atoms with Crippen molar-refractivity contribution in [3.8, 4) is 5.75 Å². The lowest BCUT2D eigenvalue weighted by atomic mass is 9.94. The predicted octanol–water partition coefficient (Wildman–Crippen LogP) is 4.62. The van der Waals surface area contributed by atoms with Crippen molar-refractivity contribution in [1.29, 1.82) is 0 Å². The molecule has 7 heteroatoms. The van der Waals surface area contributed by atoms with Crippen molar-refractivity contribution in [2.45, 2.75) is 32.1 Å². The molecule has 1 aromatic heterocycles. The van der Waals surface area contributed by atoms with Crippen molar-refractivity contribution < 1.29 is 9.53 Å². The molecule has 3 rings (SSSR count). The number of hydrogen-bond donors (Lipinski definition) is 3. The van der Waals surface area contributed by atoms with E-state index in [1.165, 1.54) is 5.56 Å². The minimum atomic E-state index is -0.427. The molecule has 0 spiro atoms. The summed E-state index contributed by atoms with van der Waals surface area (Å²) in [7, 11) is 1.62. The highest BCUT2D eigenvalue weighted by molar-refractivity contribution is 6.04. The van der Waals surface area contributed by atoms with Crippen LogP contribution >= 0.6 is 12.4 Å². The van der Waals surface area contributed by atoms with Crippen LogP contribution in [-0.4, -0.2) is 30.5 Å². The first-order valence-electron chi connectivity index (χ1n) is 9.98. The van der Waals surface area contributed by atoms with Crippen LogP contribution in [0.4, 0.5) is 0 Å². The average Bonchev–Trinajstić information content (AvgIpc) is 3.19. The van der Waals surface area contributed by atoms with Crippen molar-refractivity contribution in [2.24, 2.45) is 10.7 Å². The van der Waals surface area contributed by atoms with Gasteiger partial charge in [-0.25, -0.2) is 0 Å². The topological polar surface area (TPSA) is 92.5 Å². The van der Waals surface area contributed by atoms with E-state index in [9.17, 15) is 4.79 Å². The molecule has 0 bridgehead atoms. The second-order valence-corrected chi connectivity index (χ2v) is 7.02. The van der Waals surface area contributed by atoms with E-state index in [1.54, 1.807) is 13.1 Å². The Morgan fingerprint density at radius 3 is 2.67 bits per heavy atom. The lowest BCUT2D eigenvalue weighted by Crippen LogP contribution is -2.28. The van der Waals surface area contributed by atoms with E-state index in [0.717, 1.165) is 35.9 Å². The number of nitrogens with one attached hydrogen (secondary N) is 2. The van der Waals surface area contributed by atoms with Gasteiger partial charge in [0.2, 0.25) is 0 Å². The summed E-state index contributed by atoms with van der Waals surface area (Å²) in [6.07, 6.45) is 3.37. The summed E-state index contributed by atoms with van der Waals surface area (Å²) in [5.41, 5.74) is 8.04. The number of para-hydroxylation sites is 1. The monoisotopic (exact) mass is 428 g/mol. The van der Waals surface area contributed by atoms with Gasteiger partial charge in [0.1, 0.15) is 11.4 Å². The van der Waals surface area contributed by atoms with Crippen LogP contribution < -0.4 is 15.8 Å². The molecular formula is C23H29ClN4O2. The Morgan fingerprint density at radius 2 is 1.97 bits per heavy atom. The van der Waals surface area contributed by atoms with Gasteiger partial charge in [-0.3, -0.25) is 4.79 Å². The molecule has 30 heavy (non-hydrogen) atoms. The third-order valence-corrected chi connectivity index (χ3v) is 4.94. The highest BCUT2D eigenvalue weighted by Crippen LogP contribution is 2.29. The lowest BCUT2D eigenvalue weighted by Gasteiger charge is -2.18. The molecule has 0 aliphatic rings. The summed E-state index contributed by atoms with van der Waals surface area (Å²) < 4.78 is 6.21. The zero-order valence-corrected chi connectivity index (χ0v) is 18.2. The van der Waals surface area contributed by atoms with E-state index in [4.69, 9.17) is 10.5 Å². The van der Waals surface area contributed by atoms with Crippen molar-refractivity contribution in [1.82, 2.24) is 10.3 Å². The highest BCUT2D eigenvalue weighted by Gasteiger charge is 2.15. The van der Waals surface area contributed by atoms with Gasteiger partial charge in [0.05, 0.1) is 12.1 Å². The Bertz CT molecular complexity index is 985. The average molecular weight is 429 g/mol. The number of fused-ring (bicyclic) bond motifs is 1. The van der Waals surface area contributed by atoms with Gasteiger partial charge in [0.25, 0.3) is 5.91 Å². The standard InChI is InChI=1S/C23H28N4O2.ClH/c1-3-4-9-18(16-10-6-5-7-11-16)15-29-20-13-8-12-17-14-19(26-21(17)20)22(28)27-23(24)25-2;/h5-8,10-14,18,26H,3-4,9,15H2,1-2H3,(H3,24,25,27,28);1H. The Morgan fingerprint density at radius 1 is 1.20 bits per heavy atom. The molecule has 0 radical (unpaired) electrons. The number of guanidine groups is 1. The number of H-pyrrole nitrogens is 1. The molecular weight excluding hydrogens is 400 g/mol. The molecule has 3 aromatic rings. The fourth-order valence-corrected chi connectivity index (χ4v) is 3.30. The summed E-state index contributed by atoms with van der Waals surface area (Å²) in [6, 6.07) is 18.0. The molecule has 1 amide bonds. The lowest BCUT2D eigenvalue weighted by molar-refractivity contribution is 0.0998. The number of nitrogens with zero attached hydrogens (tertiary/aromatic N) is 1. The van der Waals surface area contributed by atoms with Crippen LogP contribution in [0.15, 0.2) is 59.6 Å². The number of amides is 1. The number of aromatic nitrogens is 1. The molecule has 0 saturated carbocycles. The number of carbonyl (C=O) groups is 1. The minimum absolute atomic E-state index is 0. The van der Waals surface area contributed by atoms with Gasteiger partial charge < -0.3 is 20.8 Å². The number of carbonyl (C=O) groups excluding carboxylic acids is 1. The molecule has 0 saturated heterocycles. The van der Waals surface area contributed by atoms with Gasteiger partial charge in [0.15, 0.2) is 5.96 Å². The van der Waals surface area contributed by atoms with Crippen molar-refractivity contribution in [2.75, 3.05) is 13.7 Å². The third kappa shape index (κ3) is 5.76. The number of ether oxygens (including phenoxy) is 1. The Balaban J connectivity index is 0.00000320. The van der Waals surface area contributed by atoms with Crippen LogP contribution in [0.25, 0.3) is 10.9 Å². The summed E-state index contributed by atoms with van der Waals surface area (Å²) >= 11 is 0. The summed E-state index contributed by atoms with van der Waals surface area (Å²) in [6.45, 7) is 2.78. The summed E-state index contributed by atoms with van der Waals surface area (Å²) in [5.74, 6) is 0.697. The number of halogens is 1. The van der Waals surface area contributed by atoms with Crippen LogP contribution in [0.1, 0.15) is 48.2 Å². The fourth-order valence-electron chi connectivity index (χ4n) is 3.30. The van der Waals surface area contributed by atoms with Gasteiger partial charge in [-0.15, -0.1) is 12.4 Å². The van der Waals surface area contributed by atoms with E-state index in [0.29, 0.717) is 18.2 Å². The number of aliphatic imine (C=N–C) groups is 1. The number of unbranched alkanes of at least 4 members (excludes halogenated alkanes) is 1. The molecule has 2 aromatic carbocycles. The maximum absolute atomic E-state index is 12.3. The number of aromatic amines is 1. The smallest absolute Gasteiger partial charge is 0.296 e. The van der Waals surface area contributed by atoms with Gasteiger partial charge >= 0.3 is 0 Å². The van der Waals surface area contributed by atoms with Gasteiger partial charge in [-0.05, 0) is 24.1 Å². The maximum Gasteiger partial charge on any atom is 0.296 e. The van der Waals surface area contributed by atoms with E-state index in [-0.39, 0.29) is 18.4 Å². The molecule has 160 valence electrons. The Kier molecular flexibility index (Phi) is 8.74. The van der Waals surface area contributed by atoms with Crippen molar-refractivity contribution in [3.63, 3.8) is 0 Å². The molecule has 1 unspecified atom stereocenters. The Hall–Kier alpha value is -2.99. The second-order valence-electron chi connectivity index (χ2n) is 7.02. The molecule has 1 heterocycles. The fraction of sp³-hybridized carbons (Fsp3) is 0.304. The van der Waals surface area contributed by atoms with E-state index in [1.807, 2.05) is 24.3 Å².